The molecule has 170 valence electrons. The summed E-state index contributed by atoms with van der Waals surface area (Å²) in [6, 6.07) is 0. The lowest BCUT2D eigenvalue weighted by molar-refractivity contribution is 0.245. The SMILES string of the molecule is C=C(CC1=CC(C)(SC)\C(=C/C(=C\C)C(=C/C)/N(C)C2(C)C3CCC32C)C=C1)C(C)C. The summed E-state index contributed by atoms with van der Waals surface area (Å²) in [7, 11) is 2.31. The van der Waals surface area contributed by atoms with Crippen molar-refractivity contribution in [1.29, 1.82) is 0 Å². The predicted molar refractivity (Wildman–Crippen MR) is 140 cm³/mol. The zero-order chi connectivity index (χ0) is 23.2. The van der Waals surface area contributed by atoms with E-state index in [2.05, 4.69) is 110 Å². The van der Waals surface area contributed by atoms with Crippen molar-refractivity contribution in [2.24, 2.45) is 17.3 Å². The summed E-state index contributed by atoms with van der Waals surface area (Å²) in [5.41, 5.74) is 7.52. The molecule has 2 saturated carbocycles. The molecule has 2 fully saturated rings. The minimum atomic E-state index is -0.0263. The first-order valence-corrected chi connectivity index (χ1v) is 13.1. The number of likely N-dealkylation sites (N-methyl/N-ethyl adjacent to an activating group) is 1. The second-order valence-corrected chi connectivity index (χ2v) is 11.8. The molecule has 3 rings (SSSR count). The van der Waals surface area contributed by atoms with Crippen molar-refractivity contribution in [2.45, 2.75) is 78.0 Å². The molecular formula is C29H43NS. The lowest BCUT2D eigenvalue weighted by Gasteiger charge is -2.34. The van der Waals surface area contributed by atoms with Gasteiger partial charge in [-0.15, -0.1) is 11.8 Å². The monoisotopic (exact) mass is 437 g/mol. The van der Waals surface area contributed by atoms with E-state index in [-0.39, 0.29) is 10.3 Å². The van der Waals surface area contributed by atoms with E-state index in [0.717, 1.165) is 12.3 Å². The van der Waals surface area contributed by atoms with E-state index in [1.807, 2.05) is 11.8 Å². The molecule has 3 aliphatic rings. The Morgan fingerprint density at radius 3 is 2.32 bits per heavy atom. The van der Waals surface area contributed by atoms with E-state index < -0.39 is 0 Å². The molecule has 0 saturated heterocycles. The minimum Gasteiger partial charge on any atom is -0.368 e. The first-order chi connectivity index (χ1) is 14.5. The molecule has 0 aliphatic heterocycles. The molecular weight excluding hydrogens is 394 g/mol. The molecule has 0 amide bonds. The van der Waals surface area contributed by atoms with E-state index in [1.165, 1.54) is 40.8 Å². The minimum absolute atomic E-state index is 0.0263. The summed E-state index contributed by atoms with van der Waals surface area (Å²) in [6.07, 6.45) is 20.0. The largest absolute Gasteiger partial charge is 0.368 e. The van der Waals surface area contributed by atoms with Crippen LogP contribution in [0.3, 0.4) is 0 Å². The van der Waals surface area contributed by atoms with Crippen molar-refractivity contribution in [3.05, 3.63) is 71.0 Å². The lowest BCUT2D eigenvalue weighted by atomic mass is 9.86. The van der Waals surface area contributed by atoms with Gasteiger partial charge < -0.3 is 4.90 Å². The normalized spacial score (nSPS) is 36.3. The molecule has 0 radical (unpaired) electrons. The van der Waals surface area contributed by atoms with Crippen molar-refractivity contribution in [2.75, 3.05) is 13.3 Å². The molecule has 4 atom stereocenters. The molecule has 2 heteroatoms. The van der Waals surface area contributed by atoms with Gasteiger partial charge in [-0.05, 0) is 93.3 Å². The predicted octanol–water partition coefficient (Wildman–Crippen LogP) is 8.10. The Balaban J connectivity index is 1.87. The van der Waals surface area contributed by atoms with Crippen molar-refractivity contribution in [3.63, 3.8) is 0 Å². The third-order valence-electron chi connectivity index (χ3n) is 8.90. The summed E-state index contributed by atoms with van der Waals surface area (Å²) in [5, 5.41) is 0. The summed E-state index contributed by atoms with van der Waals surface area (Å²) in [4.78, 5) is 2.58. The molecule has 0 aromatic carbocycles. The Kier molecular flexibility index (Phi) is 6.65. The molecule has 0 bridgehead atoms. The summed E-state index contributed by atoms with van der Waals surface area (Å²) < 4.78 is -0.0263. The van der Waals surface area contributed by atoms with Gasteiger partial charge in [0.25, 0.3) is 0 Å². The second-order valence-electron chi connectivity index (χ2n) is 10.6. The summed E-state index contributed by atoms with van der Waals surface area (Å²) >= 11 is 1.92. The fourth-order valence-electron chi connectivity index (χ4n) is 5.91. The number of nitrogens with zero attached hydrogens (tertiary/aromatic N) is 1. The van der Waals surface area contributed by atoms with E-state index in [1.54, 1.807) is 0 Å². The van der Waals surface area contributed by atoms with Crippen LogP contribution in [0.2, 0.25) is 0 Å². The molecule has 1 nitrogen and oxygen atoms in total. The standard InChI is InChI=1S/C29H43NS/c1-11-23(25(12-2)30(9)29(8)26-15-16-27(26,29)6)18-24-14-13-22(17-21(5)20(3)4)19-28(24,7)31-10/h11-14,18-20,26H,5,15-17H2,1-4,6-10H3/b23-11+,24-18-,25-12-. The zero-order valence-corrected chi connectivity index (χ0v) is 22.1. The first-order valence-electron chi connectivity index (χ1n) is 11.9. The highest BCUT2D eigenvalue weighted by molar-refractivity contribution is 8.00. The van der Waals surface area contributed by atoms with Crippen molar-refractivity contribution in [3.8, 4) is 0 Å². The second kappa shape index (κ2) is 8.50. The highest BCUT2D eigenvalue weighted by atomic mass is 32.2. The highest BCUT2D eigenvalue weighted by Crippen LogP contribution is 2.77. The number of hydrogen-bond donors (Lipinski definition) is 0. The fraction of sp³-hybridized carbons (Fsp3) is 0.586. The van der Waals surface area contributed by atoms with Crippen LogP contribution in [0, 0.1) is 17.3 Å². The van der Waals surface area contributed by atoms with Crippen LogP contribution in [0.4, 0.5) is 0 Å². The van der Waals surface area contributed by atoms with Crippen molar-refractivity contribution < 1.29 is 0 Å². The van der Waals surface area contributed by atoms with Crippen LogP contribution in [0.1, 0.15) is 67.7 Å². The fourth-order valence-corrected chi connectivity index (χ4v) is 6.54. The van der Waals surface area contributed by atoms with E-state index in [4.69, 9.17) is 0 Å². The molecule has 31 heavy (non-hydrogen) atoms. The van der Waals surface area contributed by atoms with Crippen molar-refractivity contribution in [1.82, 2.24) is 4.90 Å². The van der Waals surface area contributed by atoms with Crippen LogP contribution in [0.5, 0.6) is 0 Å². The van der Waals surface area contributed by atoms with Gasteiger partial charge >= 0.3 is 0 Å². The first kappa shape index (κ1) is 24.2. The van der Waals surface area contributed by atoms with Crippen LogP contribution >= 0.6 is 11.8 Å². The Morgan fingerprint density at radius 1 is 1.23 bits per heavy atom. The van der Waals surface area contributed by atoms with Gasteiger partial charge in [0.1, 0.15) is 0 Å². The van der Waals surface area contributed by atoms with Gasteiger partial charge in [-0.3, -0.25) is 0 Å². The Hall–Kier alpha value is -1.41. The van der Waals surface area contributed by atoms with Crippen LogP contribution in [-0.2, 0) is 0 Å². The summed E-state index contributed by atoms with van der Waals surface area (Å²) in [6.45, 7) is 20.4. The number of allylic oxidation sites excluding steroid dienone is 7. The van der Waals surface area contributed by atoms with Crippen LogP contribution in [-0.4, -0.2) is 28.5 Å². The lowest BCUT2D eigenvalue weighted by Crippen LogP contribution is -2.35. The zero-order valence-electron chi connectivity index (χ0n) is 21.3. The quantitative estimate of drug-likeness (QED) is 0.279. The maximum absolute atomic E-state index is 4.29. The Labute approximate surface area is 196 Å². The van der Waals surface area contributed by atoms with E-state index in [9.17, 15) is 0 Å². The molecule has 0 spiro atoms. The molecule has 0 aromatic heterocycles. The molecule has 0 aromatic rings. The Morgan fingerprint density at radius 2 is 1.87 bits per heavy atom. The number of fused-ring (bicyclic) bond motifs is 1. The van der Waals surface area contributed by atoms with Gasteiger partial charge in [0.15, 0.2) is 0 Å². The van der Waals surface area contributed by atoms with Gasteiger partial charge in [0, 0.05) is 18.3 Å². The third-order valence-corrected chi connectivity index (χ3v) is 10.1. The van der Waals surface area contributed by atoms with Gasteiger partial charge in [-0.25, -0.2) is 0 Å². The smallest absolute Gasteiger partial charge is 0.0562 e. The molecule has 0 N–H and O–H groups in total. The van der Waals surface area contributed by atoms with E-state index in [0.29, 0.717) is 11.3 Å². The van der Waals surface area contributed by atoms with Gasteiger partial charge in [-0.2, -0.15) is 0 Å². The number of hydrogen-bond acceptors (Lipinski definition) is 2. The average molecular weight is 438 g/mol. The summed E-state index contributed by atoms with van der Waals surface area (Å²) in [5.74, 6) is 1.37. The van der Waals surface area contributed by atoms with Crippen molar-refractivity contribution >= 4 is 11.8 Å². The van der Waals surface area contributed by atoms with Crippen LogP contribution < -0.4 is 0 Å². The highest BCUT2D eigenvalue weighted by Gasteiger charge is 2.77. The number of thioether (sulfide) groups is 1. The van der Waals surface area contributed by atoms with Crippen LogP contribution in [0.15, 0.2) is 71.0 Å². The number of rotatable bonds is 8. The molecule has 0 heterocycles. The van der Waals surface area contributed by atoms with Gasteiger partial charge in [0.05, 0.1) is 4.75 Å². The maximum Gasteiger partial charge on any atom is 0.0562 e. The van der Waals surface area contributed by atoms with Gasteiger partial charge in [-0.1, -0.05) is 63.3 Å². The maximum atomic E-state index is 4.29. The Bertz CT molecular complexity index is 898. The molecule has 4 unspecified atom stereocenters. The third kappa shape index (κ3) is 3.84. The van der Waals surface area contributed by atoms with Gasteiger partial charge in [0.2, 0.25) is 0 Å². The van der Waals surface area contributed by atoms with E-state index >= 15 is 0 Å². The molecule has 3 aliphatic carbocycles. The average Bonchev–Trinajstić information content (AvgIpc) is 3.07. The van der Waals surface area contributed by atoms with Crippen LogP contribution in [0.25, 0.3) is 0 Å². The topological polar surface area (TPSA) is 3.24 Å².